The maximum atomic E-state index is 6.06. The Bertz CT molecular complexity index is 350. The highest BCUT2D eigenvalue weighted by Gasteiger charge is 2.22. The molecule has 3 heteroatoms. The maximum Gasteiger partial charge on any atom is 0.109 e. The smallest absolute Gasteiger partial charge is 0.109 e. The van der Waals surface area contributed by atoms with E-state index < -0.39 is 0 Å². The minimum atomic E-state index is 0.0988. The van der Waals surface area contributed by atoms with Gasteiger partial charge >= 0.3 is 0 Å². The molecule has 2 heterocycles. The van der Waals surface area contributed by atoms with Gasteiger partial charge in [-0.25, -0.2) is 4.98 Å². The average Bonchev–Trinajstić information content (AvgIpc) is 2.56. The zero-order valence-electron chi connectivity index (χ0n) is 9.95. The molecular formula is C12H21N3. The predicted molar refractivity (Wildman–Crippen MR) is 61.9 cm³/mol. The zero-order valence-corrected chi connectivity index (χ0v) is 9.95. The van der Waals surface area contributed by atoms with Crippen LogP contribution >= 0.6 is 0 Å². The molecule has 1 aliphatic rings. The van der Waals surface area contributed by atoms with E-state index in [1.54, 1.807) is 0 Å². The third kappa shape index (κ3) is 1.81. The van der Waals surface area contributed by atoms with Crippen molar-refractivity contribution in [2.45, 2.75) is 58.5 Å². The Morgan fingerprint density at radius 1 is 1.27 bits per heavy atom. The fraction of sp³-hybridized carbons (Fsp3) is 0.750. The lowest BCUT2D eigenvalue weighted by Gasteiger charge is -2.18. The Balaban J connectivity index is 2.51. The van der Waals surface area contributed by atoms with Crippen LogP contribution in [0.4, 0.5) is 0 Å². The number of aromatic nitrogens is 2. The largest absolute Gasteiger partial charge is 0.330 e. The lowest BCUT2D eigenvalue weighted by atomic mass is 10.0. The van der Waals surface area contributed by atoms with Crippen LogP contribution < -0.4 is 5.73 Å². The molecule has 0 saturated heterocycles. The maximum absolute atomic E-state index is 6.06. The molecule has 84 valence electrons. The Hall–Kier alpha value is -0.830. The molecule has 2 rings (SSSR count). The van der Waals surface area contributed by atoms with Gasteiger partial charge in [0.25, 0.3) is 0 Å². The molecule has 0 aromatic carbocycles. The van der Waals surface area contributed by atoms with Gasteiger partial charge in [0, 0.05) is 19.0 Å². The molecule has 0 saturated carbocycles. The number of hydrogen-bond acceptors (Lipinski definition) is 2. The fourth-order valence-corrected chi connectivity index (χ4v) is 2.43. The number of fused-ring (bicyclic) bond motifs is 1. The molecule has 1 atom stereocenters. The molecule has 0 aliphatic carbocycles. The second-order valence-corrected chi connectivity index (χ2v) is 4.85. The molecule has 15 heavy (non-hydrogen) atoms. The van der Waals surface area contributed by atoms with Crippen LogP contribution in [0.1, 0.15) is 62.8 Å². The van der Waals surface area contributed by atoms with E-state index in [-0.39, 0.29) is 6.04 Å². The first-order chi connectivity index (χ1) is 7.11. The number of hydrogen-bond donors (Lipinski definition) is 1. The summed E-state index contributed by atoms with van der Waals surface area (Å²) in [6.45, 7) is 7.55. The van der Waals surface area contributed by atoms with E-state index in [1.165, 1.54) is 30.1 Å². The Labute approximate surface area is 91.7 Å². The second kappa shape index (κ2) is 3.97. The van der Waals surface area contributed by atoms with Crippen molar-refractivity contribution in [3.05, 3.63) is 17.2 Å². The summed E-state index contributed by atoms with van der Waals surface area (Å²) in [5.74, 6) is 1.72. The number of rotatable bonds is 2. The Kier molecular flexibility index (Phi) is 2.83. The van der Waals surface area contributed by atoms with Crippen molar-refractivity contribution < 1.29 is 0 Å². The predicted octanol–water partition coefficient (Wildman–Crippen LogP) is 2.36. The SMILES string of the molecule is CC(C)c1nc2n(c1C(C)N)CCCC2. The Morgan fingerprint density at radius 3 is 2.60 bits per heavy atom. The van der Waals surface area contributed by atoms with Crippen molar-refractivity contribution in [2.75, 3.05) is 0 Å². The normalized spacial score (nSPS) is 17.9. The molecule has 1 aliphatic heterocycles. The van der Waals surface area contributed by atoms with Gasteiger partial charge in [0.15, 0.2) is 0 Å². The first-order valence-corrected chi connectivity index (χ1v) is 5.96. The number of nitrogens with two attached hydrogens (primary N) is 1. The van der Waals surface area contributed by atoms with Crippen LogP contribution in [-0.2, 0) is 13.0 Å². The summed E-state index contributed by atoms with van der Waals surface area (Å²) in [5, 5.41) is 0. The van der Waals surface area contributed by atoms with Crippen molar-refractivity contribution in [3.8, 4) is 0 Å². The lowest BCUT2D eigenvalue weighted by Crippen LogP contribution is -2.18. The molecule has 0 radical (unpaired) electrons. The molecule has 0 amide bonds. The minimum Gasteiger partial charge on any atom is -0.330 e. The monoisotopic (exact) mass is 207 g/mol. The molecule has 1 aromatic heterocycles. The summed E-state index contributed by atoms with van der Waals surface area (Å²) in [6.07, 6.45) is 3.65. The summed E-state index contributed by atoms with van der Waals surface area (Å²) < 4.78 is 2.35. The van der Waals surface area contributed by atoms with Gasteiger partial charge < -0.3 is 10.3 Å². The van der Waals surface area contributed by atoms with Gasteiger partial charge in [0.2, 0.25) is 0 Å². The van der Waals surface area contributed by atoms with E-state index in [9.17, 15) is 0 Å². The first-order valence-electron chi connectivity index (χ1n) is 5.96. The van der Waals surface area contributed by atoms with E-state index >= 15 is 0 Å². The second-order valence-electron chi connectivity index (χ2n) is 4.85. The fourth-order valence-electron chi connectivity index (χ4n) is 2.43. The quantitative estimate of drug-likeness (QED) is 0.809. The van der Waals surface area contributed by atoms with Gasteiger partial charge in [-0.3, -0.25) is 0 Å². The molecule has 0 fully saturated rings. The molecule has 3 nitrogen and oxygen atoms in total. The summed E-state index contributed by atoms with van der Waals surface area (Å²) >= 11 is 0. The van der Waals surface area contributed by atoms with Crippen LogP contribution in [0.25, 0.3) is 0 Å². The number of aryl methyl sites for hydroxylation is 1. The van der Waals surface area contributed by atoms with E-state index in [0.29, 0.717) is 5.92 Å². The average molecular weight is 207 g/mol. The standard InChI is InChI=1S/C12H21N3/c1-8(2)11-12(9(3)13)15-7-5-4-6-10(15)14-11/h8-9H,4-7,13H2,1-3H3. The number of nitrogens with zero attached hydrogens (tertiary/aromatic N) is 2. The third-order valence-electron chi connectivity index (χ3n) is 3.12. The number of imidazole rings is 1. The van der Waals surface area contributed by atoms with Crippen LogP contribution in [0, 0.1) is 0 Å². The van der Waals surface area contributed by atoms with E-state index in [2.05, 4.69) is 25.3 Å². The molecule has 0 bridgehead atoms. The van der Waals surface area contributed by atoms with Gasteiger partial charge in [-0.1, -0.05) is 13.8 Å². The minimum absolute atomic E-state index is 0.0988. The molecule has 1 aromatic rings. The van der Waals surface area contributed by atoms with Crippen molar-refractivity contribution in [2.24, 2.45) is 5.73 Å². The van der Waals surface area contributed by atoms with Crippen molar-refractivity contribution >= 4 is 0 Å². The summed E-state index contributed by atoms with van der Waals surface area (Å²) in [6, 6.07) is 0.0988. The lowest BCUT2D eigenvalue weighted by molar-refractivity contribution is 0.497. The van der Waals surface area contributed by atoms with Crippen LogP contribution in [0.5, 0.6) is 0 Å². The van der Waals surface area contributed by atoms with Crippen LogP contribution in [0.2, 0.25) is 0 Å². The van der Waals surface area contributed by atoms with Crippen molar-refractivity contribution in [3.63, 3.8) is 0 Å². The van der Waals surface area contributed by atoms with Crippen molar-refractivity contribution in [1.82, 2.24) is 9.55 Å². The summed E-state index contributed by atoms with van der Waals surface area (Å²) in [5.41, 5.74) is 8.53. The highest BCUT2D eigenvalue weighted by molar-refractivity contribution is 5.24. The molecular weight excluding hydrogens is 186 g/mol. The van der Waals surface area contributed by atoms with Gasteiger partial charge in [0.05, 0.1) is 11.4 Å². The zero-order chi connectivity index (χ0) is 11.0. The van der Waals surface area contributed by atoms with Gasteiger partial charge in [-0.2, -0.15) is 0 Å². The highest BCUT2D eigenvalue weighted by Crippen LogP contribution is 2.28. The van der Waals surface area contributed by atoms with E-state index in [1.807, 2.05) is 0 Å². The molecule has 2 N–H and O–H groups in total. The van der Waals surface area contributed by atoms with Crippen LogP contribution in [0.3, 0.4) is 0 Å². The molecule has 0 spiro atoms. The highest BCUT2D eigenvalue weighted by atomic mass is 15.1. The summed E-state index contributed by atoms with van der Waals surface area (Å²) in [7, 11) is 0. The van der Waals surface area contributed by atoms with Crippen molar-refractivity contribution in [1.29, 1.82) is 0 Å². The van der Waals surface area contributed by atoms with Crippen LogP contribution in [-0.4, -0.2) is 9.55 Å². The Morgan fingerprint density at radius 2 is 2.00 bits per heavy atom. The first kappa shape index (κ1) is 10.7. The van der Waals surface area contributed by atoms with E-state index in [0.717, 1.165) is 13.0 Å². The van der Waals surface area contributed by atoms with Crippen LogP contribution in [0.15, 0.2) is 0 Å². The van der Waals surface area contributed by atoms with Gasteiger partial charge in [0.1, 0.15) is 5.82 Å². The van der Waals surface area contributed by atoms with E-state index in [4.69, 9.17) is 10.7 Å². The topological polar surface area (TPSA) is 43.8 Å². The summed E-state index contributed by atoms with van der Waals surface area (Å²) in [4.78, 5) is 4.75. The molecule has 1 unspecified atom stereocenters. The van der Waals surface area contributed by atoms with Gasteiger partial charge in [-0.15, -0.1) is 0 Å². The van der Waals surface area contributed by atoms with Gasteiger partial charge in [-0.05, 0) is 25.7 Å². The third-order valence-corrected chi connectivity index (χ3v) is 3.12.